The summed E-state index contributed by atoms with van der Waals surface area (Å²) in [6.45, 7) is 2.64. The van der Waals surface area contributed by atoms with Gasteiger partial charge in [-0.1, -0.05) is 0 Å². The molecule has 2 heterocycles. The van der Waals surface area contributed by atoms with Crippen LogP contribution in [0.4, 0.5) is 11.6 Å². The van der Waals surface area contributed by atoms with Gasteiger partial charge in [-0.05, 0) is 28.9 Å². The molecule has 0 atom stereocenters. The quantitative estimate of drug-likeness (QED) is 0.905. The smallest absolute Gasteiger partial charge is 0.260 e. The zero-order chi connectivity index (χ0) is 13.8. The Labute approximate surface area is 119 Å². The average molecular weight is 324 g/mol. The van der Waals surface area contributed by atoms with Crippen molar-refractivity contribution in [2.45, 2.75) is 6.92 Å². The van der Waals surface area contributed by atoms with Gasteiger partial charge in [-0.25, -0.2) is 4.98 Å². The van der Waals surface area contributed by atoms with Crippen molar-refractivity contribution in [2.75, 3.05) is 17.2 Å². The Morgan fingerprint density at radius 3 is 2.95 bits per heavy atom. The number of nitrogens with zero attached hydrogens (tertiary/aromatic N) is 3. The lowest BCUT2D eigenvalue weighted by atomic mass is 10.2. The van der Waals surface area contributed by atoms with Gasteiger partial charge in [0.1, 0.15) is 5.82 Å². The van der Waals surface area contributed by atoms with E-state index in [1.54, 1.807) is 36.3 Å². The predicted molar refractivity (Wildman–Crippen MR) is 77.3 cm³/mol. The lowest BCUT2D eigenvalue weighted by Crippen LogP contribution is -2.16. The molecule has 0 radical (unpaired) electrons. The maximum absolute atomic E-state index is 12.2. The molecule has 0 bridgehead atoms. The molecule has 2 aromatic rings. The summed E-state index contributed by atoms with van der Waals surface area (Å²) in [4.78, 5) is 16.4. The standard InChI is InChI=1S/C12H14BrN5O/c1-3-14-11-9(6-8(13)7-15-11)12(19)16-10-4-5-18(2)17-10/h4-7H,3H2,1-2H3,(H,14,15)(H,16,17,19). The minimum absolute atomic E-state index is 0.247. The summed E-state index contributed by atoms with van der Waals surface area (Å²) >= 11 is 3.32. The number of aryl methyl sites for hydroxylation is 1. The van der Waals surface area contributed by atoms with Crippen molar-refractivity contribution in [3.8, 4) is 0 Å². The maximum atomic E-state index is 12.2. The lowest BCUT2D eigenvalue weighted by molar-refractivity contribution is 0.102. The number of aromatic nitrogens is 3. The summed E-state index contributed by atoms with van der Waals surface area (Å²) in [5.74, 6) is 0.817. The summed E-state index contributed by atoms with van der Waals surface area (Å²) in [7, 11) is 1.79. The Bertz CT molecular complexity index is 596. The molecule has 0 spiro atoms. The van der Waals surface area contributed by atoms with E-state index in [4.69, 9.17) is 0 Å². The fraction of sp³-hybridized carbons (Fsp3) is 0.250. The second-order valence-electron chi connectivity index (χ2n) is 3.91. The van der Waals surface area contributed by atoms with Crippen molar-refractivity contribution in [2.24, 2.45) is 7.05 Å². The third-order valence-electron chi connectivity index (χ3n) is 2.40. The van der Waals surface area contributed by atoms with Gasteiger partial charge in [0.05, 0.1) is 5.56 Å². The van der Waals surface area contributed by atoms with E-state index in [1.807, 2.05) is 6.92 Å². The third-order valence-corrected chi connectivity index (χ3v) is 2.83. The van der Waals surface area contributed by atoms with Crippen molar-refractivity contribution in [3.05, 3.63) is 34.6 Å². The van der Waals surface area contributed by atoms with E-state index < -0.39 is 0 Å². The van der Waals surface area contributed by atoms with Gasteiger partial charge < -0.3 is 10.6 Å². The van der Waals surface area contributed by atoms with Gasteiger partial charge in [0.15, 0.2) is 5.82 Å². The van der Waals surface area contributed by atoms with E-state index in [9.17, 15) is 4.79 Å². The van der Waals surface area contributed by atoms with Crippen LogP contribution in [0, 0.1) is 0 Å². The molecule has 0 fully saturated rings. The number of amides is 1. The number of hydrogen-bond donors (Lipinski definition) is 2. The van der Waals surface area contributed by atoms with E-state index in [0.29, 0.717) is 23.7 Å². The SMILES string of the molecule is CCNc1ncc(Br)cc1C(=O)Nc1ccn(C)n1. The van der Waals surface area contributed by atoms with Crippen molar-refractivity contribution < 1.29 is 4.79 Å². The molecule has 0 aliphatic carbocycles. The minimum atomic E-state index is -0.247. The number of rotatable bonds is 4. The van der Waals surface area contributed by atoms with Gasteiger partial charge in [0.25, 0.3) is 5.91 Å². The Kier molecular flexibility index (Phi) is 4.16. The van der Waals surface area contributed by atoms with Gasteiger partial charge in [0.2, 0.25) is 0 Å². The summed E-state index contributed by atoms with van der Waals surface area (Å²) < 4.78 is 2.38. The van der Waals surface area contributed by atoms with Crippen molar-refractivity contribution in [3.63, 3.8) is 0 Å². The van der Waals surface area contributed by atoms with Crippen LogP contribution in [0.2, 0.25) is 0 Å². The Hall–Kier alpha value is -1.89. The average Bonchev–Trinajstić information content (AvgIpc) is 2.77. The van der Waals surface area contributed by atoms with Crippen LogP contribution >= 0.6 is 15.9 Å². The zero-order valence-electron chi connectivity index (χ0n) is 10.6. The molecule has 0 aliphatic heterocycles. The molecule has 19 heavy (non-hydrogen) atoms. The first kappa shape index (κ1) is 13.5. The molecule has 2 aromatic heterocycles. The molecule has 0 saturated carbocycles. The van der Waals surface area contributed by atoms with Crippen molar-refractivity contribution in [1.82, 2.24) is 14.8 Å². The van der Waals surface area contributed by atoms with Gasteiger partial charge in [-0.3, -0.25) is 9.48 Å². The molecular formula is C12H14BrN5O. The van der Waals surface area contributed by atoms with Crippen LogP contribution in [0.3, 0.4) is 0 Å². The van der Waals surface area contributed by atoms with Crippen LogP contribution < -0.4 is 10.6 Å². The molecular weight excluding hydrogens is 310 g/mol. The van der Waals surface area contributed by atoms with E-state index >= 15 is 0 Å². The summed E-state index contributed by atoms with van der Waals surface area (Å²) in [5, 5.41) is 9.90. The number of carbonyl (C=O) groups is 1. The topological polar surface area (TPSA) is 71.8 Å². The molecule has 0 aromatic carbocycles. The first-order valence-electron chi connectivity index (χ1n) is 5.80. The Morgan fingerprint density at radius 1 is 1.53 bits per heavy atom. The minimum Gasteiger partial charge on any atom is -0.370 e. The molecule has 0 unspecified atom stereocenters. The van der Waals surface area contributed by atoms with Crippen LogP contribution in [0.1, 0.15) is 17.3 Å². The Balaban J connectivity index is 2.24. The zero-order valence-corrected chi connectivity index (χ0v) is 12.2. The second-order valence-corrected chi connectivity index (χ2v) is 4.82. The molecule has 7 heteroatoms. The molecule has 2 N–H and O–H groups in total. The van der Waals surface area contributed by atoms with E-state index in [2.05, 4.69) is 36.6 Å². The van der Waals surface area contributed by atoms with E-state index in [-0.39, 0.29) is 5.91 Å². The van der Waals surface area contributed by atoms with Gasteiger partial charge >= 0.3 is 0 Å². The van der Waals surface area contributed by atoms with Crippen LogP contribution in [0.5, 0.6) is 0 Å². The summed E-state index contributed by atoms with van der Waals surface area (Å²) in [6, 6.07) is 3.46. The van der Waals surface area contributed by atoms with Gasteiger partial charge in [0, 0.05) is 36.5 Å². The fourth-order valence-electron chi connectivity index (χ4n) is 1.59. The van der Waals surface area contributed by atoms with Crippen LogP contribution in [0.25, 0.3) is 0 Å². The highest BCUT2D eigenvalue weighted by molar-refractivity contribution is 9.10. The highest BCUT2D eigenvalue weighted by Gasteiger charge is 2.14. The number of anilines is 2. The first-order valence-corrected chi connectivity index (χ1v) is 6.60. The van der Waals surface area contributed by atoms with Crippen LogP contribution in [0.15, 0.2) is 29.0 Å². The number of halogens is 1. The van der Waals surface area contributed by atoms with Crippen molar-refractivity contribution in [1.29, 1.82) is 0 Å². The molecule has 1 amide bonds. The predicted octanol–water partition coefficient (Wildman–Crippen LogP) is 2.26. The monoisotopic (exact) mass is 323 g/mol. The molecule has 6 nitrogen and oxygen atoms in total. The van der Waals surface area contributed by atoms with E-state index in [0.717, 1.165) is 4.47 Å². The number of pyridine rings is 1. The lowest BCUT2D eigenvalue weighted by Gasteiger charge is -2.09. The van der Waals surface area contributed by atoms with Gasteiger partial charge in [-0.15, -0.1) is 0 Å². The largest absolute Gasteiger partial charge is 0.370 e. The van der Waals surface area contributed by atoms with Crippen LogP contribution in [-0.2, 0) is 7.05 Å². The molecule has 2 rings (SSSR count). The number of nitrogens with one attached hydrogen (secondary N) is 2. The first-order chi connectivity index (χ1) is 9.10. The third kappa shape index (κ3) is 3.31. The highest BCUT2D eigenvalue weighted by atomic mass is 79.9. The fourth-order valence-corrected chi connectivity index (χ4v) is 1.92. The maximum Gasteiger partial charge on any atom is 0.260 e. The summed E-state index contributed by atoms with van der Waals surface area (Å²) in [6.07, 6.45) is 3.41. The number of hydrogen-bond acceptors (Lipinski definition) is 4. The molecule has 0 aliphatic rings. The summed E-state index contributed by atoms with van der Waals surface area (Å²) in [5.41, 5.74) is 0.474. The molecule has 100 valence electrons. The van der Waals surface area contributed by atoms with Crippen LogP contribution in [-0.4, -0.2) is 27.2 Å². The van der Waals surface area contributed by atoms with Gasteiger partial charge in [-0.2, -0.15) is 5.10 Å². The van der Waals surface area contributed by atoms with Crippen molar-refractivity contribution >= 4 is 33.5 Å². The number of carbonyl (C=O) groups excluding carboxylic acids is 1. The van der Waals surface area contributed by atoms with E-state index in [1.165, 1.54) is 0 Å². The normalized spacial score (nSPS) is 10.3. The second kappa shape index (κ2) is 5.83. The Morgan fingerprint density at radius 2 is 2.32 bits per heavy atom. The highest BCUT2D eigenvalue weighted by Crippen LogP contribution is 2.19. The molecule has 0 saturated heterocycles.